The van der Waals surface area contributed by atoms with E-state index in [9.17, 15) is 0 Å². The van der Waals surface area contributed by atoms with Gasteiger partial charge in [-0.3, -0.25) is 4.68 Å². The molecule has 0 spiro atoms. The molecule has 20 heavy (non-hydrogen) atoms. The third-order valence-corrected chi connectivity index (χ3v) is 3.42. The Balaban J connectivity index is 1.64. The molecule has 0 atom stereocenters. The molecule has 2 aromatic rings. The molecule has 0 unspecified atom stereocenters. The van der Waals surface area contributed by atoms with Gasteiger partial charge in [0.1, 0.15) is 0 Å². The number of nitrogens with two attached hydrogens (primary N) is 1. The predicted octanol–water partition coefficient (Wildman–Crippen LogP) is 2.58. The van der Waals surface area contributed by atoms with E-state index in [0.717, 1.165) is 50.9 Å². The molecule has 1 aromatic heterocycles. The molecule has 0 radical (unpaired) electrons. The summed E-state index contributed by atoms with van der Waals surface area (Å²) in [6.07, 6.45) is 8.68. The van der Waals surface area contributed by atoms with Crippen LogP contribution in [0.1, 0.15) is 36.9 Å². The minimum Gasteiger partial charge on any atom is -0.330 e. The molecule has 0 saturated heterocycles. The van der Waals surface area contributed by atoms with Crippen LogP contribution in [0.25, 0.3) is 0 Å². The first-order valence-electron chi connectivity index (χ1n) is 7.51. The number of hydrogen-bond acceptors (Lipinski definition) is 3. The van der Waals surface area contributed by atoms with E-state index in [2.05, 4.69) is 46.8 Å². The van der Waals surface area contributed by atoms with Crippen molar-refractivity contribution in [3.8, 4) is 0 Å². The van der Waals surface area contributed by atoms with Crippen LogP contribution in [0.5, 0.6) is 0 Å². The highest BCUT2D eigenvalue weighted by Crippen LogP contribution is 2.06. The van der Waals surface area contributed by atoms with Gasteiger partial charge in [-0.05, 0) is 50.6 Å². The first-order valence-corrected chi connectivity index (χ1v) is 7.51. The van der Waals surface area contributed by atoms with Gasteiger partial charge in [-0.25, -0.2) is 0 Å². The summed E-state index contributed by atoms with van der Waals surface area (Å²) in [5, 5.41) is 8.37. The zero-order valence-electron chi connectivity index (χ0n) is 12.0. The molecule has 0 aliphatic heterocycles. The molecule has 4 heteroatoms. The first-order chi connectivity index (χ1) is 9.88. The van der Waals surface area contributed by atoms with Crippen LogP contribution in [-0.2, 0) is 19.4 Å². The maximum Gasteiger partial charge on any atom is 0.0827 e. The molecule has 0 bridgehead atoms. The molecule has 1 aromatic carbocycles. The van der Waals surface area contributed by atoms with Crippen molar-refractivity contribution < 1.29 is 0 Å². The Hall–Kier alpha value is -1.68. The van der Waals surface area contributed by atoms with Crippen molar-refractivity contribution in [2.24, 2.45) is 5.73 Å². The number of aryl methyl sites for hydroxylation is 3. The third kappa shape index (κ3) is 5.13. The van der Waals surface area contributed by atoms with E-state index in [1.54, 1.807) is 0 Å². The minimum atomic E-state index is 0.758. The Morgan fingerprint density at radius 2 is 1.75 bits per heavy atom. The van der Waals surface area contributed by atoms with Crippen molar-refractivity contribution in [3.63, 3.8) is 0 Å². The lowest BCUT2D eigenvalue weighted by Gasteiger charge is -2.01. The molecule has 0 aliphatic carbocycles. The summed E-state index contributed by atoms with van der Waals surface area (Å²) >= 11 is 0. The molecule has 0 amide bonds. The lowest BCUT2D eigenvalue weighted by Crippen LogP contribution is -1.99. The highest BCUT2D eigenvalue weighted by Gasteiger charge is 2.00. The number of benzene rings is 1. The van der Waals surface area contributed by atoms with Crippen LogP contribution in [0.4, 0.5) is 0 Å². The number of aromatic nitrogens is 3. The summed E-state index contributed by atoms with van der Waals surface area (Å²) in [5.41, 5.74) is 7.98. The van der Waals surface area contributed by atoms with Crippen molar-refractivity contribution in [1.29, 1.82) is 0 Å². The Labute approximate surface area is 121 Å². The smallest absolute Gasteiger partial charge is 0.0827 e. The Kier molecular flexibility index (Phi) is 6.24. The molecule has 2 rings (SSSR count). The maximum atomic E-state index is 5.49. The minimum absolute atomic E-state index is 0.758. The molecule has 0 aliphatic rings. The van der Waals surface area contributed by atoms with Gasteiger partial charge in [0.15, 0.2) is 0 Å². The van der Waals surface area contributed by atoms with Crippen LogP contribution in [0.3, 0.4) is 0 Å². The van der Waals surface area contributed by atoms with Crippen molar-refractivity contribution in [2.45, 2.75) is 45.1 Å². The van der Waals surface area contributed by atoms with E-state index in [-0.39, 0.29) is 0 Å². The second kappa shape index (κ2) is 8.48. The largest absolute Gasteiger partial charge is 0.330 e. The van der Waals surface area contributed by atoms with E-state index in [0.29, 0.717) is 0 Å². The quantitative estimate of drug-likeness (QED) is 0.714. The molecule has 108 valence electrons. The fourth-order valence-corrected chi connectivity index (χ4v) is 2.26. The summed E-state index contributed by atoms with van der Waals surface area (Å²) in [6, 6.07) is 10.6. The molecular weight excluding hydrogens is 248 g/mol. The van der Waals surface area contributed by atoms with Crippen LogP contribution in [-0.4, -0.2) is 21.5 Å². The molecule has 2 N–H and O–H groups in total. The van der Waals surface area contributed by atoms with Crippen molar-refractivity contribution in [2.75, 3.05) is 6.54 Å². The van der Waals surface area contributed by atoms with E-state index in [1.165, 1.54) is 12.0 Å². The first kappa shape index (κ1) is 14.7. The summed E-state index contributed by atoms with van der Waals surface area (Å²) in [6.45, 7) is 1.71. The van der Waals surface area contributed by atoms with Crippen molar-refractivity contribution in [1.82, 2.24) is 15.0 Å². The topological polar surface area (TPSA) is 56.7 Å². The van der Waals surface area contributed by atoms with E-state index < -0.39 is 0 Å². The number of unbranched alkanes of at least 4 members (excludes halogenated alkanes) is 2. The third-order valence-electron chi connectivity index (χ3n) is 3.42. The average Bonchev–Trinajstić information content (AvgIpc) is 2.93. The van der Waals surface area contributed by atoms with Crippen LogP contribution in [0.2, 0.25) is 0 Å². The Morgan fingerprint density at radius 1 is 0.950 bits per heavy atom. The second-order valence-corrected chi connectivity index (χ2v) is 5.16. The van der Waals surface area contributed by atoms with Gasteiger partial charge < -0.3 is 5.73 Å². The fraction of sp³-hybridized carbons (Fsp3) is 0.500. The average molecular weight is 272 g/mol. The zero-order chi connectivity index (χ0) is 14.0. The van der Waals surface area contributed by atoms with Gasteiger partial charge in [-0.15, -0.1) is 5.10 Å². The summed E-state index contributed by atoms with van der Waals surface area (Å²) in [4.78, 5) is 0. The highest BCUT2D eigenvalue weighted by molar-refractivity contribution is 5.14. The molecule has 4 nitrogen and oxygen atoms in total. The molecular formula is C16H24N4. The van der Waals surface area contributed by atoms with Crippen LogP contribution in [0.15, 0.2) is 36.5 Å². The monoisotopic (exact) mass is 272 g/mol. The second-order valence-electron chi connectivity index (χ2n) is 5.16. The molecule has 1 heterocycles. The van der Waals surface area contributed by atoms with Gasteiger partial charge in [-0.1, -0.05) is 35.5 Å². The van der Waals surface area contributed by atoms with Crippen LogP contribution in [0, 0.1) is 0 Å². The van der Waals surface area contributed by atoms with Crippen LogP contribution >= 0.6 is 0 Å². The zero-order valence-corrected chi connectivity index (χ0v) is 12.0. The standard InChI is InChI=1S/C16H24N4/c17-12-6-4-11-16-14-20(19-18-16)13-7-5-10-15-8-2-1-3-9-15/h1-3,8-9,14H,4-7,10-13,17H2. The van der Waals surface area contributed by atoms with Crippen LogP contribution < -0.4 is 5.73 Å². The van der Waals surface area contributed by atoms with Gasteiger partial charge in [0.05, 0.1) is 5.69 Å². The highest BCUT2D eigenvalue weighted by atomic mass is 15.4. The Morgan fingerprint density at radius 3 is 2.55 bits per heavy atom. The normalized spacial score (nSPS) is 10.8. The lowest BCUT2D eigenvalue weighted by atomic mass is 10.1. The number of hydrogen-bond donors (Lipinski definition) is 1. The SMILES string of the molecule is NCCCCc1cn(CCCCc2ccccc2)nn1. The predicted molar refractivity (Wildman–Crippen MR) is 81.4 cm³/mol. The van der Waals surface area contributed by atoms with E-state index >= 15 is 0 Å². The molecule has 0 fully saturated rings. The summed E-state index contributed by atoms with van der Waals surface area (Å²) in [5.74, 6) is 0. The van der Waals surface area contributed by atoms with E-state index in [1.807, 2.05) is 4.68 Å². The number of rotatable bonds is 9. The van der Waals surface area contributed by atoms with Gasteiger partial charge >= 0.3 is 0 Å². The van der Waals surface area contributed by atoms with Crippen molar-refractivity contribution in [3.05, 3.63) is 47.8 Å². The lowest BCUT2D eigenvalue weighted by molar-refractivity contribution is 0.541. The Bertz CT molecular complexity index is 478. The van der Waals surface area contributed by atoms with Gasteiger partial charge in [-0.2, -0.15) is 0 Å². The van der Waals surface area contributed by atoms with E-state index in [4.69, 9.17) is 5.73 Å². The summed E-state index contributed by atoms with van der Waals surface area (Å²) < 4.78 is 1.96. The maximum absolute atomic E-state index is 5.49. The van der Waals surface area contributed by atoms with Gasteiger partial charge in [0.2, 0.25) is 0 Å². The van der Waals surface area contributed by atoms with Crippen molar-refractivity contribution >= 4 is 0 Å². The fourth-order valence-electron chi connectivity index (χ4n) is 2.26. The van der Waals surface area contributed by atoms with Gasteiger partial charge in [0, 0.05) is 12.7 Å². The molecule has 0 saturated carbocycles. The number of nitrogens with zero attached hydrogens (tertiary/aromatic N) is 3. The summed E-state index contributed by atoms with van der Waals surface area (Å²) in [7, 11) is 0. The van der Waals surface area contributed by atoms with Gasteiger partial charge in [0.25, 0.3) is 0 Å².